The van der Waals surface area contributed by atoms with Crippen molar-refractivity contribution in [3.63, 3.8) is 0 Å². The molecule has 0 aromatic heterocycles. The van der Waals surface area contributed by atoms with Gasteiger partial charge in [-0.3, -0.25) is 0 Å². The lowest BCUT2D eigenvalue weighted by Crippen LogP contribution is -2.34. The van der Waals surface area contributed by atoms with Crippen molar-refractivity contribution in [2.75, 3.05) is 19.6 Å². The number of rotatable bonds is 2. The summed E-state index contributed by atoms with van der Waals surface area (Å²) in [6.45, 7) is 3.03. The van der Waals surface area contributed by atoms with Crippen LogP contribution in [-0.2, 0) is 0 Å². The van der Waals surface area contributed by atoms with E-state index in [1.165, 1.54) is 34.4 Å². The van der Waals surface area contributed by atoms with Crippen LogP contribution in [-0.4, -0.2) is 24.5 Å². The summed E-state index contributed by atoms with van der Waals surface area (Å²) in [5, 5.41) is 0. The highest BCUT2D eigenvalue weighted by molar-refractivity contribution is 9.11. The molecule has 20 heavy (non-hydrogen) atoms. The van der Waals surface area contributed by atoms with E-state index in [-0.39, 0.29) is 0 Å². The van der Waals surface area contributed by atoms with Gasteiger partial charge in [0.2, 0.25) is 0 Å². The van der Waals surface area contributed by atoms with Crippen LogP contribution >= 0.6 is 15.9 Å². The molecule has 1 heterocycles. The van der Waals surface area contributed by atoms with E-state index in [2.05, 4.69) is 78.6 Å². The lowest BCUT2D eigenvalue weighted by Gasteiger charge is -2.28. The molecule has 4 rings (SSSR count). The molecule has 0 aromatic carbocycles. The van der Waals surface area contributed by atoms with Gasteiger partial charge in [0, 0.05) is 37.4 Å². The van der Waals surface area contributed by atoms with Crippen molar-refractivity contribution >= 4 is 15.9 Å². The fraction of sp³-hybridized carbons (Fsp3) is 0.167. The zero-order valence-electron chi connectivity index (χ0n) is 11.1. The first-order chi connectivity index (χ1) is 9.81. The van der Waals surface area contributed by atoms with Gasteiger partial charge in [0.25, 0.3) is 0 Å². The summed E-state index contributed by atoms with van der Waals surface area (Å²) in [5.41, 5.74) is 0. The summed E-state index contributed by atoms with van der Waals surface area (Å²) in [4.78, 5) is 3.73. The fourth-order valence-corrected chi connectivity index (χ4v) is 3.58. The minimum Gasteiger partial charge on any atom is -0.301 e. The molecule has 0 N–H and O–H groups in total. The highest BCUT2D eigenvalue weighted by Gasteiger charge is 2.46. The molecule has 4 aliphatic rings. The largest absolute Gasteiger partial charge is 0.301 e. The summed E-state index contributed by atoms with van der Waals surface area (Å²) >= 11 is 3.63. The highest BCUT2D eigenvalue weighted by atomic mass is 79.9. The molecule has 0 atom stereocenters. The van der Waals surface area contributed by atoms with Crippen LogP contribution in [0, 0.1) is 92.2 Å². The second-order valence-corrected chi connectivity index (χ2v) is 6.33. The maximum Gasteiger partial charge on any atom is 0.0531 e. The van der Waals surface area contributed by atoms with Crippen molar-refractivity contribution < 1.29 is 0 Å². The third kappa shape index (κ3) is 2.60. The van der Waals surface area contributed by atoms with Crippen LogP contribution in [0.25, 0.3) is 0 Å². The Balaban J connectivity index is 1.46. The Morgan fingerprint density at radius 3 is 1.95 bits per heavy atom. The second kappa shape index (κ2) is 5.91. The lowest BCUT2D eigenvalue weighted by atomic mass is 9.79. The first kappa shape index (κ1) is 14.1. The maximum absolute atomic E-state index is 3.63. The Morgan fingerprint density at radius 1 is 0.800 bits per heavy atom. The molecular formula is C18H15BrN. The second-order valence-electron chi connectivity index (χ2n) is 5.47. The number of fused-ring (bicyclic) bond motifs is 3. The highest BCUT2D eigenvalue weighted by Crippen LogP contribution is 2.52. The molecule has 4 fully saturated rings. The van der Waals surface area contributed by atoms with Crippen molar-refractivity contribution in [1.29, 1.82) is 0 Å². The molecule has 1 saturated heterocycles. The molecule has 0 aromatic rings. The number of hydrogen-bond acceptors (Lipinski definition) is 1. The van der Waals surface area contributed by atoms with Gasteiger partial charge in [-0.05, 0) is 69.6 Å². The predicted octanol–water partition coefficient (Wildman–Crippen LogP) is 2.98. The molecule has 1 aliphatic heterocycles. The van der Waals surface area contributed by atoms with Gasteiger partial charge in [-0.15, -0.1) is 0 Å². The number of hydrogen-bond donors (Lipinski definition) is 0. The van der Waals surface area contributed by atoms with Crippen LogP contribution in [0.15, 0.2) is 0 Å². The molecule has 0 unspecified atom stereocenters. The van der Waals surface area contributed by atoms with Crippen molar-refractivity contribution in [2.24, 2.45) is 0 Å². The normalized spacial score (nSPS) is 32.9. The van der Waals surface area contributed by atoms with Gasteiger partial charge in [0.05, 0.1) is 4.83 Å². The van der Waals surface area contributed by atoms with E-state index in [4.69, 9.17) is 0 Å². The monoisotopic (exact) mass is 324 g/mol. The summed E-state index contributed by atoms with van der Waals surface area (Å²) in [5.74, 6) is 7.08. The molecule has 15 radical (unpaired) electrons. The minimum atomic E-state index is 0.989. The van der Waals surface area contributed by atoms with E-state index in [0.29, 0.717) is 0 Å². The van der Waals surface area contributed by atoms with Gasteiger partial charge in [0.1, 0.15) is 0 Å². The molecule has 0 amide bonds. The van der Waals surface area contributed by atoms with E-state index in [1.54, 1.807) is 0 Å². The van der Waals surface area contributed by atoms with E-state index >= 15 is 0 Å². The fourth-order valence-electron chi connectivity index (χ4n) is 3.17. The average Bonchev–Trinajstić information content (AvgIpc) is 3.12. The van der Waals surface area contributed by atoms with Crippen molar-refractivity contribution in [3.8, 4) is 0 Å². The van der Waals surface area contributed by atoms with Crippen LogP contribution in [0.5, 0.6) is 0 Å². The van der Waals surface area contributed by atoms with Gasteiger partial charge in [0.15, 0.2) is 0 Å². The summed E-state index contributed by atoms with van der Waals surface area (Å²) in [7, 11) is 0. The van der Waals surface area contributed by atoms with Gasteiger partial charge in [-0.25, -0.2) is 0 Å². The molecule has 0 bridgehead atoms. The predicted molar refractivity (Wildman–Crippen MR) is 83.5 cm³/mol. The smallest absolute Gasteiger partial charge is 0.0531 e. The van der Waals surface area contributed by atoms with Crippen molar-refractivity contribution in [1.82, 2.24) is 4.90 Å². The third-order valence-electron chi connectivity index (χ3n) is 4.13. The molecule has 2 heteroatoms. The van der Waals surface area contributed by atoms with E-state index in [9.17, 15) is 0 Å². The maximum atomic E-state index is 3.63. The van der Waals surface area contributed by atoms with Crippen molar-refractivity contribution in [3.05, 3.63) is 92.2 Å². The lowest BCUT2D eigenvalue weighted by molar-refractivity contribution is 0.325. The summed E-state index contributed by atoms with van der Waals surface area (Å²) in [6.07, 6.45) is 19.8. The van der Waals surface area contributed by atoms with Crippen molar-refractivity contribution in [2.45, 2.75) is 0 Å². The molecule has 1 nitrogen and oxygen atoms in total. The van der Waals surface area contributed by atoms with Gasteiger partial charge < -0.3 is 4.90 Å². The van der Waals surface area contributed by atoms with Gasteiger partial charge >= 0.3 is 0 Å². The minimum absolute atomic E-state index is 0.989. The quantitative estimate of drug-likeness (QED) is 0.754. The van der Waals surface area contributed by atoms with E-state index in [0.717, 1.165) is 19.6 Å². The zero-order chi connectivity index (χ0) is 13.5. The van der Waals surface area contributed by atoms with E-state index < -0.39 is 0 Å². The molecule has 3 aliphatic carbocycles. The first-order valence-corrected chi connectivity index (χ1v) is 7.72. The molecule has 3 saturated carbocycles. The third-order valence-corrected chi connectivity index (χ3v) is 4.90. The van der Waals surface area contributed by atoms with E-state index in [1.807, 2.05) is 0 Å². The topological polar surface area (TPSA) is 3.24 Å². The average molecular weight is 325 g/mol. The van der Waals surface area contributed by atoms with Gasteiger partial charge in [-0.2, -0.15) is 0 Å². The van der Waals surface area contributed by atoms with Crippen LogP contribution in [0.4, 0.5) is 0 Å². The molecule has 99 valence electrons. The first-order valence-electron chi connectivity index (χ1n) is 6.93. The zero-order valence-corrected chi connectivity index (χ0v) is 12.7. The number of nitrogens with zero attached hydrogens (tertiary/aromatic N) is 1. The summed E-state index contributed by atoms with van der Waals surface area (Å²) in [6, 6.07) is 0. The number of halogens is 1. The molecule has 0 spiro atoms. The Labute approximate surface area is 133 Å². The van der Waals surface area contributed by atoms with Crippen LogP contribution in [0.1, 0.15) is 0 Å². The SMILES string of the molecule is Br[C]1[CH][CH][CH][C]1CN1C[C]2[CH][CH][CH][C]2[C]2[CH][CH][CH][C]2C1. The number of likely N-dealkylation sites (tertiary alicyclic amines) is 1. The van der Waals surface area contributed by atoms with Crippen LogP contribution in [0.2, 0.25) is 0 Å². The standard InChI is InChI=1S/C18H15BrN/c19-18-9-3-6-15(18)12-20-10-13-4-1-7-16(13)17-8-2-5-14(17)11-20/h1-9H,10-12H2. The van der Waals surface area contributed by atoms with Crippen LogP contribution in [0.3, 0.4) is 0 Å². The van der Waals surface area contributed by atoms with Gasteiger partial charge in [-0.1, -0.05) is 15.9 Å². The summed E-state index contributed by atoms with van der Waals surface area (Å²) < 4.78 is 0. The molecular weight excluding hydrogens is 310 g/mol. The Bertz CT molecular complexity index is 320. The Hall–Kier alpha value is 0.440. The Kier molecular flexibility index (Phi) is 4.16. The Morgan fingerprint density at radius 2 is 1.40 bits per heavy atom. The van der Waals surface area contributed by atoms with Crippen LogP contribution < -0.4 is 0 Å².